The summed E-state index contributed by atoms with van der Waals surface area (Å²) in [4.78, 5) is 13.2. The molecule has 1 aliphatic heterocycles. The van der Waals surface area contributed by atoms with Gasteiger partial charge < -0.3 is 4.90 Å². The van der Waals surface area contributed by atoms with Crippen LogP contribution in [0.3, 0.4) is 0 Å². The van der Waals surface area contributed by atoms with E-state index in [1.807, 2.05) is 0 Å². The van der Waals surface area contributed by atoms with Gasteiger partial charge in [-0.3, -0.25) is 10.2 Å². The minimum atomic E-state index is -0.0476. The first-order valence-corrected chi connectivity index (χ1v) is 5.40. The van der Waals surface area contributed by atoms with Crippen molar-refractivity contribution in [2.24, 2.45) is 11.8 Å². The van der Waals surface area contributed by atoms with Gasteiger partial charge in [-0.25, -0.2) is 5.84 Å². The van der Waals surface area contributed by atoms with E-state index < -0.39 is 0 Å². The molecule has 0 bridgehead atoms. The van der Waals surface area contributed by atoms with E-state index in [0.29, 0.717) is 6.42 Å². The number of hydrogen-bond donors (Lipinski definition) is 2. The van der Waals surface area contributed by atoms with Gasteiger partial charge in [0.2, 0.25) is 5.91 Å². The van der Waals surface area contributed by atoms with E-state index in [4.69, 9.17) is 5.84 Å². The van der Waals surface area contributed by atoms with Crippen LogP contribution in [0.5, 0.6) is 0 Å². The van der Waals surface area contributed by atoms with Gasteiger partial charge >= 0.3 is 0 Å². The molecule has 1 unspecified atom stereocenters. The molecule has 1 amide bonds. The molecule has 0 radical (unpaired) electrons. The van der Waals surface area contributed by atoms with E-state index in [9.17, 15) is 4.79 Å². The fourth-order valence-corrected chi connectivity index (χ4v) is 2.05. The van der Waals surface area contributed by atoms with Gasteiger partial charge in [-0.05, 0) is 38.8 Å². The number of carbonyl (C=O) groups is 1. The van der Waals surface area contributed by atoms with Crippen molar-refractivity contribution in [3.8, 4) is 0 Å². The third-order valence-corrected chi connectivity index (χ3v) is 2.92. The average Bonchev–Trinajstić information content (AvgIpc) is 2.58. The first-order chi connectivity index (χ1) is 6.72. The molecule has 14 heavy (non-hydrogen) atoms. The van der Waals surface area contributed by atoms with Crippen LogP contribution in [0.25, 0.3) is 0 Å². The van der Waals surface area contributed by atoms with Crippen LogP contribution >= 0.6 is 0 Å². The zero-order valence-electron chi connectivity index (χ0n) is 8.96. The van der Waals surface area contributed by atoms with E-state index in [-0.39, 0.29) is 5.91 Å². The molecule has 1 rings (SSSR count). The number of nitrogens with two attached hydrogens (primary N) is 1. The Labute approximate surface area is 85.8 Å². The summed E-state index contributed by atoms with van der Waals surface area (Å²) < 4.78 is 0. The molecule has 1 fully saturated rings. The monoisotopic (exact) mass is 199 g/mol. The van der Waals surface area contributed by atoms with Gasteiger partial charge in [0.1, 0.15) is 0 Å². The highest BCUT2D eigenvalue weighted by Gasteiger charge is 2.18. The third kappa shape index (κ3) is 4.07. The Morgan fingerprint density at radius 3 is 2.93 bits per heavy atom. The quantitative estimate of drug-likeness (QED) is 0.293. The average molecular weight is 199 g/mol. The van der Waals surface area contributed by atoms with Gasteiger partial charge in [0.05, 0.1) is 0 Å². The number of likely N-dealkylation sites (tertiary alicyclic amines) is 1. The summed E-state index contributed by atoms with van der Waals surface area (Å²) in [5, 5.41) is 0. The molecule has 4 heteroatoms. The SMILES string of the molecule is CN1CCC(CCCCC(=O)NN)C1. The Kier molecular flexibility index (Phi) is 4.90. The Morgan fingerprint density at radius 2 is 2.36 bits per heavy atom. The lowest BCUT2D eigenvalue weighted by molar-refractivity contribution is -0.121. The number of unbranched alkanes of at least 4 members (excludes halogenated alkanes) is 1. The lowest BCUT2D eigenvalue weighted by Crippen LogP contribution is -2.29. The molecule has 0 aliphatic carbocycles. The van der Waals surface area contributed by atoms with Crippen LogP contribution in [0.15, 0.2) is 0 Å². The van der Waals surface area contributed by atoms with E-state index in [0.717, 1.165) is 18.8 Å². The Hall–Kier alpha value is -0.610. The van der Waals surface area contributed by atoms with Crippen LogP contribution in [0.2, 0.25) is 0 Å². The largest absolute Gasteiger partial charge is 0.306 e. The van der Waals surface area contributed by atoms with Crippen LogP contribution in [0.1, 0.15) is 32.1 Å². The van der Waals surface area contributed by atoms with E-state index in [1.165, 1.54) is 25.9 Å². The van der Waals surface area contributed by atoms with Crippen molar-refractivity contribution in [1.29, 1.82) is 0 Å². The topological polar surface area (TPSA) is 58.4 Å². The summed E-state index contributed by atoms with van der Waals surface area (Å²) in [5.74, 6) is 5.79. The predicted octanol–water partition coefficient (Wildman–Crippen LogP) is 0.488. The Morgan fingerprint density at radius 1 is 1.57 bits per heavy atom. The minimum Gasteiger partial charge on any atom is -0.306 e. The highest BCUT2D eigenvalue weighted by molar-refractivity contribution is 5.74. The zero-order valence-corrected chi connectivity index (χ0v) is 8.96. The standard InChI is InChI=1S/C10H21N3O/c1-13-7-6-9(8-13)4-2-3-5-10(14)12-11/h9H,2-8,11H2,1H3,(H,12,14). The lowest BCUT2D eigenvalue weighted by Gasteiger charge is -2.09. The molecular weight excluding hydrogens is 178 g/mol. The maximum Gasteiger partial charge on any atom is 0.233 e. The van der Waals surface area contributed by atoms with Gasteiger partial charge in [0.15, 0.2) is 0 Å². The molecule has 0 spiro atoms. The van der Waals surface area contributed by atoms with Crippen molar-refractivity contribution in [2.45, 2.75) is 32.1 Å². The van der Waals surface area contributed by atoms with Gasteiger partial charge in [0, 0.05) is 13.0 Å². The Balaban J connectivity index is 1.96. The van der Waals surface area contributed by atoms with Gasteiger partial charge in [-0.1, -0.05) is 6.42 Å². The third-order valence-electron chi connectivity index (χ3n) is 2.92. The summed E-state index contributed by atoms with van der Waals surface area (Å²) >= 11 is 0. The summed E-state index contributed by atoms with van der Waals surface area (Å²) in [7, 11) is 2.17. The summed E-state index contributed by atoms with van der Waals surface area (Å²) in [6, 6.07) is 0. The van der Waals surface area contributed by atoms with Crippen LogP contribution in [-0.2, 0) is 4.79 Å². The molecule has 1 atom stereocenters. The number of nitrogens with one attached hydrogen (secondary N) is 1. The molecule has 0 aromatic rings. The lowest BCUT2D eigenvalue weighted by atomic mass is 10.0. The zero-order chi connectivity index (χ0) is 10.4. The van der Waals surface area contributed by atoms with Crippen LogP contribution < -0.4 is 11.3 Å². The van der Waals surface area contributed by atoms with Crippen molar-refractivity contribution < 1.29 is 4.79 Å². The molecule has 3 N–H and O–H groups in total. The predicted molar refractivity (Wildman–Crippen MR) is 56.4 cm³/mol. The minimum absolute atomic E-state index is 0.0476. The van der Waals surface area contributed by atoms with Crippen molar-refractivity contribution in [1.82, 2.24) is 10.3 Å². The van der Waals surface area contributed by atoms with Crippen molar-refractivity contribution in [2.75, 3.05) is 20.1 Å². The first-order valence-electron chi connectivity index (χ1n) is 5.40. The smallest absolute Gasteiger partial charge is 0.233 e. The molecule has 0 aromatic heterocycles. The molecule has 0 aromatic carbocycles. The highest BCUT2D eigenvalue weighted by Crippen LogP contribution is 2.20. The molecule has 1 heterocycles. The second-order valence-corrected chi connectivity index (χ2v) is 4.23. The van der Waals surface area contributed by atoms with E-state index in [1.54, 1.807) is 0 Å². The number of rotatable bonds is 5. The molecule has 1 saturated heterocycles. The highest BCUT2D eigenvalue weighted by atomic mass is 16.2. The number of carbonyl (C=O) groups excluding carboxylic acids is 1. The molecule has 0 saturated carbocycles. The van der Waals surface area contributed by atoms with Crippen molar-refractivity contribution in [3.63, 3.8) is 0 Å². The molecule has 4 nitrogen and oxygen atoms in total. The summed E-state index contributed by atoms with van der Waals surface area (Å²) in [6.45, 7) is 2.46. The molecule has 1 aliphatic rings. The van der Waals surface area contributed by atoms with Gasteiger partial charge in [-0.2, -0.15) is 0 Å². The summed E-state index contributed by atoms with van der Waals surface area (Å²) in [5.41, 5.74) is 2.15. The van der Waals surface area contributed by atoms with E-state index in [2.05, 4.69) is 17.4 Å². The Bertz CT molecular complexity index is 184. The maximum absolute atomic E-state index is 10.8. The normalized spacial score (nSPS) is 22.6. The van der Waals surface area contributed by atoms with E-state index >= 15 is 0 Å². The van der Waals surface area contributed by atoms with Crippen LogP contribution in [0, 0.1) is 5.92 Å². The number of hydrazine groups is 1. The van der Waals surface area contributed by atoms with Crippen molar-refractivity contribution >= 4 is 5.91 Å². The second-order valence-electron chi connectivity index (χ2n) is 4.23. The number of hydrogen-bond acceptors (Lipinski definition) is 3. The van der Waals surface area contributed by atoms with Gasteiger partial charge in [-0.15, -0.1) is 0 Å². The first kappa shape index (κ1) is 11.5. The second kappa shape index (κ2) is 5.98. The van der Waals surface area contributed by atoms with Crippen LogP contribution in [-0.4, -0.2) is 30.9 Å². The fourth-order valence-electron chi connectivity index (χ4n) is 2.05. The summed E-state index contributed by atoms with van der Waals surface area (Å²) in [6.07, 6.45) is 5.25. The van der Waals surface area contributed by atoms with Gasteiger partial charge in [0.25, 0.3) is 0 Å². The maximum atomic E-state index is 10.8. The van der Waals surface area contributed by atoms with Crippen LogP contribution in [0.4, 0.5) is 0 Å². The number of nitrogens with zero attached hydrogens (tertiary/aromatic N) is 1. The van der Waals surface area contributed by atoms with Crippen molar-refractivity contribution in [3.05, 3.63) is 0 Å². The molecule has 82 valence electrons. The fraction of sp³-hybridized carbons (Fsp3) is 0.900. The molecular formula is C10H21N3O. The number of amides is 1.